The number of hydrogen-bond acceptors (Lipinski definition) is 4. The molecule has 6 nitrogen and oxygen atoms in total. The molecule has 0 aliphatic carbocycles. The van der Waals surface area contributed by atoms with E-state index in [1.54, 1.807) is 8.61 Å². The van der Waals surface area contributed by atoms with Crippen molar-refractivity contribution in [3.05, 3.63) is 71.8 Å². The number of nitrogens with zero attached hydrogens (tertiary/aromatic N) is 3. The molecule has 4 rings (SSSR count). The zero-order valence-corrected chi connectivity index (χ0v) is 16.8. The van der Waals surface area contributed by atoms with Crippen molar-refractivity contribution in [2.75, 3.05) is 52.5 Å². The average Bonchev–Trinajstić information content (AvgIpc) is 2.76. The lowest BCUT2D eigenvalue weighted by Gasteiger charge is -2.41. The first-order chi connectivity index (χ1) is 13.7. The molecular weight excluding hydrogens is 374 g/mol. The van der Waals surface area contributed by atoms with Crippen LogP contribution in [-0.2, 0) is 14.9 Å². The van der Waals surface area contributed by atoms with Crippen LogP contribution in [0.2, 0.25) is 0 Å². The summed E-state index contributed by atoms with van der Waals surface area (Å²) in [6.07, 6.45) is 0. The number of benzene rings is 2. The number of piperazine rings is 1. The quantitative estimate of drug-likeness (QED) is 0.769. The molecule has 2 fully saturated rings. The summed E-state index contributed by atoms with van der Waals surface area (Å²) < 4.78 is 34.3. The van der Waals surface area contributed by atoms with Crippen molar-refractivity contribution >= 4 is 10.2 Å². The van der Waals surface area contributed by atoms with Crippen molar-refractivity contribution in [1.29, 1.82) is 0 Å². The molecule has 2 aromatic rings. The van der Waals surface area contributed by atoms with Gasteiger partial charge in [0.15, 0.2) is 0 Å². The Bertz CT molecular complexity index is 807. The molecule has 2 saturated heterocycles. The molecule has 150 valence electrons. The maximum absolute atomic E-state index is 12.9. The highest BCUT2D eigenvalue weighted by Crippen LogP contribution is 2.30. The van der Waals surface area contributed by atoms with E-state index in [2.05, 4.69) is 53.4 Å². The van der Waals surface area contributed by atoms with Crippen LogP contribution < -0.4 is 0 Å². The van der Waals surface area contributed by atoms with E-state index < -0.39 is 10.2 Å². The maximum atomic E-state index is 12.9. The van der Waals surface area contributed by atoms with E-state index >= 15 is 0 Å². The van der Waals surface area contributed by atoms with Crippen molar-refractivity contribution in [3.8, 4) is 0 Å². The third-order valence-corrected chi connectivity index (χ3v) is 7.53. The fourth-order valence-electron chi connectivity index (χ4n) is 4.02. The molecule has 0 radical (unpaired) electrons. The molecule has 0 amide bonds. The molecule has 2 aromatic carbocycles. The summed E-state index contributed by atoms with van der Waals surface area (Å²) in [7, 11) is -3.40. The summed E-state index contributed by atoms with van der Waals surface area (Å²) in [5.74, 6) is 0. The summed E-state index contributed by atoms with van der Waals surface area (Å²) >= 11 is 0. The summed E-state index contributed by atoms with van der Waals surface area (Å²) in [6.45, 7) is 4.27. The van der Waals surface area contributed by atoms with Crippen LogP contribution in [0.25, 0.3) is 0 Å². The number of morpholine rings is 1. The molecule has 0 saturated carbocycles. The minimum Gasteiger partial charge on any atom is -0.379 e. The summed E-state index contributed by atoms with van der Waals surface area (Å²) in [5.41, 5.74) is 2.47. The van der Waals surface area contributed by atoms with Gasteiger partial charge in [-0.05, 0) is 11.1 Å². The molecule has 2 aliphatic heterocycles. The first kappa shape index (κ1) is 19.5. The van der Waals surface area contributed by atoms with E-state index in [-0.39, 0.29) is 6.04 Å². The van der Waals surface area contributed by atoms with Crippen molar-refractivity contribution in [2.45, 2.75) is 6.04 Å². The normalized spacial score (nSPS) is 20.5. The van der Waals surface area contributed by atoms with Gasteiger partial charge >= 0.3 is 0 Å². The molecule has 2 aliphatic rings. The van der Waals surface area contributed by atoms with Gasteiger partial charge in [-0.3, -0.25) is 4.90 Å². The Kier molecular flexibility index (Phi) is 6.08. The summed E-state index contributed by atoms with van der Waals surface area (Å²) in [6, 6.07) is 21.0. The van der Waals surface area contributed by atoms with E-state index in [4.69, 9.17) is 4.74 Å². The first-order valence-electron chi connectivity index (χ1n) is 9.83. The van der Waals surface area contributed by atoms with E-state index in [9.17, 15) is 8.42 Å². The Morgan fingerprint density at radius 1 is 0.679 bits per heavy atom. The number of ether oxygens (including phenoxy) is 1. The van der Waals surface area contributed by atoms with E-state index in [0.717, 1.165) is 0 Å². The monoisotopic (exact) mass is 401 g/mol. The Hall–Kier alpha value is -1.77. The van der Waals surface area contributed by atoms with E-state index in [1.807, 2.05) is 12.1 Å². The fraction of sp³-hybridized carbons (Fsp3) is 0.429. The highest BCUT2D eigenvalue weighted by atomic mass is 32.2. The third kappa shape index (κ3) is 4.14. The lowest BCUT2D eigenvalue weighted by Crippen LogP contribution is -2.55. The van der Waals surface area contributed by atoms with Gasteiger partial charge in [0.05, 0.1) is 19.3 Å². The topological polar surface area (TPSA) is 53.1 Å². The van der Waals surface area contributed by atoms with Crippen LogP contribution in [-0.4, -0.2) is 74.4 Å². The van der Waals surface area contributed by atoms with Gasteiger partial charge in [-0.15, -0.1) is 0 Å². The van der Waals surface area contributed by atoms with Gasteiger partial charge in [-0.1, -0.05) is 60.7 Å². The zero-order chi connectivity index (χ0) is 19.4. The van der Waals surface area contributed by atoms with E-state index in [0.29, 0.717) is 52.5 Å². The fourth-order valence-corrected chi connectivity index (χ4v) is 5.58. The second kappa shape index (κ2) is 8.71. The second-order valence-electron chi connectivity index (χ2n) is 7.18. The Balaban J connectivity index is 1.50. The molecule has 0 atom stereocenters. The van der Waals surface area contributed by atoms with Crippen molar-refractivity contribution in [3.63, 3.8) is 0 Å². The minimum atomic E-state index is -3.40. The molecule has 28 heavy (non-hydrogen) atoms. The van der Waals surface area contributed by atoms with Crippen LogP contribution in [0.1, 0.15) is 17.2 Å². The lowest BCUT2D eigenvalue weighted by atomic mass is 9.96. The predicted molar refractivity (Wildman–Crippen MR) is 109 cm³/mol. The molecule has 0 N–H and O–H groups in total. The minimum absolute atomic E-state index is 0.135. The van der Waals surface area contributed by atoms with Gasteiger partial charge in [0.2, 0.25) is 0 Å². The van der Waals surface area contributed by atoms with Crippen LogP contribution in [0.4, 0.5) is 0 Å². The largest absolute Gasteiger partial charge is 0.379 e. The smallest absolute Gasteiger partial charge is 0.282 e. The number of rotatable bonds is 5. The maximum Gasteiger partial charge on any atom is 0.282 e. The van der Waals surface area contributed by atoms with E-state index in [1.165, 1.54) is 11.1 Å². The molecule has 0 unspecified atom stereocenters. The van der Waals surface area contributed by atoms with Crippen LogP contribution in [0.3, 0.4) is 0 Å². The van der Waals surface area contributed by atoms with Gasteiger partial charge in [0, 0.05) is 39.3 Å². The molecular formula is C21H27N3O3S. The highest BCUT2D eigenvalue weighted by molar-refractivity contribution is 7.86. The average molecular weight is 402 g/mol. The Morgan fingerprint density at radius 2 is 1.14 bits per heavy atom. The molecule has 7 heteroatoms. The van der Waals surface area contributed by atoms with Crippen molar-refractivity contribution in [1.82, 2.24) is 13.5 Å². The van der Waals surface area contributed by atoms with Crippen molar-refractivity contribution < 1.29 is 13.2 Å². The molecule has 0 spiro atoms. The predicted octanol–water partition coefficient (Wildman–Crippen LogP) is 1.97. The Labute approximate surface area is 167 Å². The van der Waals surface area contributed by atoms with Gasteiger partial charge in [0.25, 0.3) is 10.2 Å². The Morgan fingerprint density at radius 3 is 1.64 bits per heavy atom. The first-order valence-corrected chi connectivity index (χ1v) is 11.2. The molecule has 0 aromatic heterocycles. The van der Waals surface area contributed by atoms with Gasteiger partial charge < -0.3 is 4.74 Å². The standard InChI is InChI=1S/C21H27N3O3S/c25-28(26,24-15-17-27-18-16-24)23-13-11-22(12-14-23)21(19-7-3-1-4-8-19)20-9-5-2-6-10-20/h1-10,21H,11-18H2. The van der Waals surface area contributed by atoms with Crippen LogP contribution in [0.15, 0.2) is 60.7 Å². The lowest BCUT2D eigenvalue weighted by molar-refractivity contribution is 0.0678. The van der Waals surface area contributed by atoms with Gasteiger partial charge in [-0.25, -0.2) is 0 Å². The third-order valence-electron chi connectivity index (χ3n) is 5.49. The molecule has 0 bridgehead atoms. The summed E-state index contributed by atoms with van der Waals surface area (Å²) in [5, 5.41) is 0. The van der Waals surface area contributed by atoms with Crippen LogP contribution in [0.5, 0.6) is 0 Å². The highest BCUT2D eigenvalue weighted by Gasteiger charge is 2.35. The second-order valence-corrected chi connectivity index (χ2v) is 9.11. The SMILES string of the molecule is O=S(=O)(N1CCOCC1)N1CCN(C(c2ccccc2)c2ccccc2)CC1. The zero-order valence-electron chi connectivity index (χ0n) is 16.0. The van der Waals surface area contributed by atoms with Crippen molar-refractivity contribution in [2.24, 2.45) is 0 Å². The van der Waals surface area contributed by atoms with Crippen LogP contribution >= 0.6 is 0 Å². The van der Waals surface area contributed by atoms with Gasteiger partial charge in [0.1, 0.15) is 0 Å². The molecule has 2 heterocycles. The van der Waals surface area contributed by atoms with Gasteiger partial charge in [-0.2, -0.15) is 17.0 Å². The number of hydrogen-bond donors (Lipinski definition) is 0. The summed E-state index contributed by atoms with van der Waals surface area (Å²) in [4.78, 5) is 2.38. The van der Waals surface area contributed by atoms with Crippen LogP contribution in [0, 0.1) is 0 Å².